The third-order valence-corrected chi connectivity index (χ3v) is 2.95. The number of β-amino-alcohol motifs (C(OH)–C–C–N with tert-alkyl or cyclic N) is 1. The second kappa shape index (κ2) is 5.98. The summed E-state index contributed by atoms with van der Waals surface area (Å²) in [6.07, 6.45) is 1.71. The monoisotopic (exact) mass is 239 g/mol. The summed E-state index contributed by atoms with van der Waals surface area (Å²) in [4.78, 5) is 2.17. The van der Waals surface area contributed by atoms with Crippen LogP contribution in [0.1, 0.15) is 12.8 Å². The molecule has 0 radical (unpaired) electrons. The number of likely N-dealkylation sites (tertiary alicyclic amines) is 1. The van der Waals surface area contributed by atoms with Crippen molar-refractivity contribution in [3.8, 4) is 5.75 Å². The van der Waals surface area contributed by atoms with Crippen LogP contribution in [-0.4, -0.2) is 42.4 Å². The summed E-state index contributed by atoms with van der Waals surface area (Å²) < 4.78 is 18.3. The Morgan fingerprint density at radius 1 is 1.47 bits per heavy atom. The summed E-state index contributed by atoms with van der Waals surface area (Å²) in [6.45, 7) is 3.01. The second-order valence-electron chi connectivity index (χ2n) is 4.40. The van der Waals surface area contributed by atoms with Crippen LogP contribution in [0.5, 0.6) is 5.75 Å². The molecule has 2 rings (SSSR count). The van der Waals surface area contributed by atoms with Gasteiger partial charge in [0.15, 0.2) is 0 Å². The van der Waals surface area contributed by atoms with Crippen molar-refractivity contribution in [1.29, 1.82) is 0 Å². The molecule has 0 amide bonds. The Balaban J connectivity index is 1.72. The SMILES string of the molecule is O[C@H]1CCCN(CCOc2cccc(F)c2)C1. The van der Waals surface area contributed by atoms with Gasteiger partial charge >= 0.3 is 0 Å². The van der Waals surface area contributed by atoms with Crippen LogP contribution in [0.15, 0.2) is 24.3 Å². The van der Waals surface area contributed by atoms with Gasteiger partial charge in [-0.15, -0.1) is 0 Å². The minimum absolute atomic E-state index is 0.210. The molecule has 1 aliphatic rings. The molecule has 0 saturated carbocycles. The predicted octanol–water partition coefficient (Wildman–Crippen LogP) is 1.66. The molecular formula is C13H18FNO2. The average Bonchev–Trinajstić information content (AvgIpc) is 2.29. The summed E-state index contributed by atoms with van der Waals surface area (Å²) >= 11 is 0. The molecule has 1 aromatic rings. The van der Waals surface area contributed by atoms with Crippen molar-refractivity contribution < 1.29 is 14.2 Å². The van der Waals surface area contributed by atoms with Gasteiger partial charge in [0.2, 0.25) is 0 Å². The third kappa shape index (κ3) is 3.98. The molecule has 1 aliphatic heterocycles. The van der Waals surface area contributed by atoms with E-state index in [4.69, 9.17) is 4.74 Å². The van der Waals surface area contributed by atoms with E-state index in [1.54, 1.807) is 12.1 Å². The Bertz CT molecular complexity index is 359. The molecule has 1 aromatic carbocycles. The van der Waals surface area contributed by atoms with Crippen LogP contribution in [0, 0.1) is 5.82 Å². The van der Waals surface area contributed by atoms with Gasteiger partial charge in [0.05, 0.1) is 6.10 Å². The molecule has 0 bridgehead atoms. The molecule has 1 atom stereocenters. The van der Waals surface area contributed by atoms with Crippen LogP contribution in [0.4, 0.5) is 4.39 Å². The fourth-order valence-electron chi connectivity index (χ4n) is 2.08. The van der Waals surface area contributed by atoms with Gasteiger partial charge in [-0.1, -0.05) is 6.07 Å². The zero-order valence-corrected chi connectivity index (χ0v) is 9.81. The number of halogens is 1. The summed E-state index contributed by atoms with van der Waals surface area (Å²) in [6, 6.07) is 6.16. The lowest BCUT2D eigenvalue weighted by molar-refractivity contribution is 0.0633. The molecule has 4 heteroatoms. The van der Waals surface area contributed by atoms with Crippen molar-refractivity contribution in [1.82, 2.24) is 4.90 Å². The highest BCUT2D eigenvalue weighted by molar-refractivity contribution is 5.22. The first-order valence-electron chi connectivity index (χ1n) is 6.03. The normalized spacial score (nSPS) is 21.4. The summed E-state index contributed by atoms with van der Waals surface area (Å²) in [5.41, 5.74) is 0. The Hall–Kier alpha value is -1.13. The zero-order chi connectivity index (χ0) is 12.1. The number of nitrogens with zero attached hydrogens (tertiary/aromatic N) is 1. The lowest BCUT2D eigenvalue weighted by Crippen LogP contribution is -2.40. The Kier molecular flexibility index (Phi) is 4.34. The quantitative estimate of drug-likeness (QED) is 0.867. The first-order valence-corrected chi connectivity index (χ1v) is 6.03. The standard InChI is InChI=1S/C13H18FNO2/c14-11-3-1-5-13(9-11)17-8-7-15-6-2-4-12(16)10-15/h1,3,5,9,12,16H,2,4,6-8,10H2/t12-/m0/s1. The number of ether oxygens (including phenoxy) is 1. The van der Waals surface area contributed by atoms with Gasteiger partial charge in [-0.2, -0.15) is 0 Å². The van der Waals surface area contributed by atoms with Crippen LogP contribution in [0.2, 0.25) is 0 Å². The van der Waals surface area contributed by atoms with Crippen molar-refractivity contribution in [2.75, 3.05) is 26.2 Å². The number of aliphatic hydroxyl groups excluding tert-OH is 1. The fraction of sp³-hybridized carbons (Fsp3) is 0.538. The van der Waals surface area contributed by atoms with Crippen LogP contribution < -0.4 is 4.74 Å². The molecule has 1 N–H and O–H groups in total. The molecule has 3 nitrogen and oxygen atoms in total. The lowest BCUT2D eigenvalue weighted by atomic mass is 10.1. The largest absolute Gasteiger partial charge is 0.492 e. The van der Waals surface area contributed by atoms with Crippen molar-refractivity contribution in [2.24, 2.45) is 0 Å². The number of hydrogen-bond acceptors (Lipinski definition) is 3. The molecule has 17 heavy (non-hydrogen) atoms. The third-order valence-electron chi connectivity index (χ3n) is 2.95. The maximum atomic E-state index is 12.9. The van der Waals surface area contributed by atoms with E-state index >= 15 is 0 Å². The van der Waals surface area contributed by atoms with Crippen molar-refractivity contribution in [3.63, 3.8) is 0 Å². The minimum atomic E-state index is -0.282. The van der Waals surface area contributed by atoms with Gasteiger partial charge in [0.25, 0.3) is 0 Å². The molecule has 0 unspecified atom stereocenters. The fourth-order valence-corrected chi connectivity index (χ4v) is 2.08. The Labute approximate surface area is 101 Å². The average molecular weight is 239 g/mol. The van der Waals surface area contributed by atoms with E-state index in [2.05, 4.69) is 4.90 Å². The second-order valence-corrected chi connectivity index (χ2v) is 4.40. The maximum Gasteiger partial charge on any atom is 0.126 e. The van der Waals surface area contributed by atoms with Crippen LogP contribution in [-0.2, 0) is 0 Å². The summed E-state index contributed by atoms with van der Waals surface area (Å²) in [5.74, 6) is 0.276. The van der Waals surface area contributed by atoms with Gasteiger partial charge in [0, 0.05) is 19.2 Å². The number of hydrogen-bond donors (Lipinski definition) is 1. The van der Waals surface area contributed by atoms with E-state index in [1.807, 2.05) is 0 Å². The molecule has 1 heterocycles. The zero-order valence-electron chi connectivity index (χ0n) is 9.81. The lowest BCUT2D eigenvalue weighted by Gasteiger charge is -2.29. The van der Waals surface area contributed by atoms with Crippen molar-refractivity contribution in [2.45, 2.75) is 18.9 Å². The van der Waals surface area contributed by atoms with Gasteiger partial charge < -0.3 is 9.84 Å². The van der Waals surface area contributed by atoms with Crippen LogP contribution in [0.3, 0.4) is 0 Å². The first kappa shape index (κ1) is 12.3. The Morgan fingerprint density at radius 3 is 3.12 bits per heavy atom. The summed E-state index contributed by atoms with van der Waals surface area (Å²) in [7, 11) is 0. The number of rotatable bonds is 4. The number of aliphatic hydroxyl groups is 1. The molecular weight excluding hydrogens is 221 g/mol. The molecule has 1 saturated heterocycles. The molecule has 94 valence electrons. The molecule has 0 aromatic heterocycles. The number of piperidine rings is 1. The van der Waals surface area contributed by atoms with Crippen molar-refractivity contribution >= 4 is 0 Å². The number of benzene rings is 1. The first-order chi connectivity index (χ1) is 8.24. The maximum absolute atomic E-state index is 12.9. The highest BCUT2D eigenvalue weighted by Gasteiger charge is 2.16. The summed E-state index contributed by atoms with van der Waals surface area (Å²) in [5, 5.41) is 9.50. The predicted molar refractivity (Wildman–Crippen MR) is 63.6 cm³/mol. The highest BCUT2D eigenvalue weighted by Crippen LogP contribution is 2.13. The highest BCUT2D eigenvalue weighted by atomic mass is 19.1. The van der Waals surface area contributed by atoms with E-state index < -0.39 is 0 Å². The van der Waals surface area contributed by atoms with E-state index in [0.29, 0.717) is 18.9 Å². The van der Waals surface area contributed by atoms with Gasteiger partial charge in [-0.3, -0.25) is 4.90 Å². The Morgan fingerprint density at radius 2 is 2.35 bits per heavy atom. The molecule has 0 aliphatic carbocycles. The topological polar surface area (TPSA) is 32.7 Å². The molecule has 0 spiro atoms. The van der Waals surface area contributed by atoms with Gasteiger partial charge in [-0.05, 0) is 31.5 Å². The smallest absolute Gasteiger partial charge is 0.126 e. The van der Waals surface area contributed by atoms with Crippen LogP contribution >= 0.6 is 0 Å². The van der Waals surface area contributed by atoms with Crippen molar-refractivity contribution in [3.05, 3.63) is 30.1 Å². The van der Waals surface area contributed by atoms with Gasteiger partial charge in [0.1, 0.15) is 18.2 Å². The minimum Gasteiger partial charge on any atom is -0.492 e. The van der Waals surface area contributed by atoms with Gasteiger partial charge in [-0.25, -0.2) is 4.39 Å². The van der Waals surface area contributed by atoms with E-state index in [1.165, 1.54) is 12.1 Å². The molecule has 1 fully saturated rings. The van der Waals surface area contributed by atoms with E-state index in [0.717, 1.165) is 25.9 Å². The van der Waals surface area contributed by atoms with Crippen LogP contribution in [0.25, 0.3) is 0 Å². The van der Waals surface area contributed by atoms with E-state index in [9.17, 15) is 9.50 Å². The van der Waals surface area contributed by atoms with E-state index in [-0.39, 0.29) is 11.9 Å².